The number of hydrogen-bond donors (Lipinski definition) is 3. The number of aliphatic hydroxyl groups is 1. The molecule has 2 aromatic rings. The smallest absolute Gasteiger partial charge is 0.273 e. The van der Waals surface area contributed by atoms with Gasteiger partial charge in [0.25, 0.3) is 5.91 Å². The molecule has 0 radical (unpaired) electrons. The fraction of sp³-hybridized carbons (Fsp3) is 0.526. The third-order valence-corrected chi connectivity index (χ3v) is 5.01. The summed E-state index contributed by atoms with van der Waals surface area (Å²) in [6, 6.07) is 5.69. The van der Waals surface area contributed by atoms with Gasteiger partial charge in [0.05, 0.1) is 17.8 Å². The minimum atomic E-state index is -0.785. The van der Waals surface area contributed by atoms with Crippen LogP contribution < -0.4 is 10.6 Å². The predicted molar refractivity (Wildman–Crippen MR) is 98.8 cm³/mol. The highest BCUT2D eigenvalue weighted by Gasteiger charge is 2.24. The summed E-state index contributed by atoms with van der Waals surface area (Å²) in [6.45, 7) is 5.54. The lowest BCUT2D eigenvalue weighted by molar-refractivity contribution is 0.0911. The first kappa shape index (κ1) is 19.4. The monoisotopic (exact) mass is 375 g/mol. The SMILES string of the molecule is Cc1c(C(=O)NC(C)CC(O)c2ccc(F)cc2)nnn1C1CCNCC1. The van der Waals surface area contributed by atoms with Gasteiger partial charge >= 0.3 is 0 Å². The predicted octanol–water partition coefficient (Wildman–Crippen LogP) is 1.89. The summed E-state index contributed by atoms with van der Waals surface area (Å²) in [6.07, 6.45) is 1.46. The standard InChI is InChI=1S/C19H26FN5O2/c1-12(11-17(26)14-3-5-15(20)6-4-14)22-19(27)18-13(2)25(24-23-18)16-7-9-21-10-8-16/h3-6,12,16-17,21,26H,7-11H2,1-2H3,(H,22,27). The molecule has 0 aliphatic carbocycles. The number of halogens is 1. The molecule has 3 rings (SSSR count). The van der Waals surface area contributed by atoms with Gasteiger partial charge in [0.1, 0.15) is 5.82 Å². The fourth-order valence-corrected chi connectivity index (χ4v) is 3.46. The minimum absolute atomic E-state index is 0.262. The first-order valence-electron chi connectivity index (χ1n) is 9.32. The Hall–Kier alpha value is -2.32. The van der Waals surface area contributed by atoms with Crippen molar-refractivity contribution in [2.75, 3.05) is 13.1 Å². The van der Waals surface area contributed by atoms with E-state index in [9.17, 15) is 14.3 Å². The Morgan fingerprint density at radius 2 is 2.04 bits per heavy atom. The maximum Gasteiger partial charge on any atom is 0.273 e. The molecule has 1 aliphatic heterocycles. The van der Waals surface area contributed by atoms with Gasteiger partial charge < -0.3 is 15.7 Å². The van der Waals surface area contributed by atoms with Crippen LogP contribution in [0, 0.1) is 12.7 Å². The van der Waals surface area contributed by atoms with E-state index in [2.05, 4.69) is 20.9 Å². The van der Waals surface area contributed by atoms with Crippen LogP contribution in [0.4, 0.5) is 4.39 Å². The molecule has 2 atom stereocenters. The van der Waals surface area contributed by atoms with E-state index in [4.69, 9.17) is 0 Å². The highest BCUT2D eigenvalue weighted by Crippen LogP contribution is 2.21. The second-order valence-electron chi connectivity index (χ2n) is 7.13. The first-order chi connectivity index (χ1) is 13.0. The van der Waals surface area contributed by atoms with Crippen molar-refractivity contribution in [2.24, 2.45) is 0 Å². The Kier molecular flexibility index (Phi) is 6.18. The van der Waals surface area contributed by atoms with Gasteiger partial charge in [0.15, 0.2) is 5.69 Å². The number of hydrogen-bond acceptors (Lipinski definition) is 5. The van der Waals surface area contributed by atoms with Crippen molar-refractivity contribution in [3.63, 3.8) is 0 Å². The summed E-state index contributed by atoms with van der Waals surface area (Å²) in [7, 11) is 0. The van der Waals surface area contributed by atoms with Crippen molar-refractivity contribution in [3.8, 4) is 0 Å². The summed E-state index contributed by atoms with van der Waals surface area (Å²) in [5.74, 6) is -0.647. The molecular formula is C19H26FN5O2. The van der Waals surface area contributed by atoms with Gasteiger partial charge in [-0.1, -0.05) is 17.3 Å². The molecule has 2 heterocycles. The first-order valence-corrected chi connectivity index (χ1v) is 9.32. The highest BCUT2D eigenvalue weighted by atomic mass is 19.1. The van der Waals surface area contributed by atoms with E-state index in [1.165, 1.54) is 12.1 Å². The topological polar surface area (TPSA) is 92.1 Å². The van der Waals surface area contributed by atoms with Crippen LogP contribution >= 0.6 is 0 Å². The Morgan fingerprint density at radius 3 is 2.70 bits per heavy atom. The molecule has 1 saturated heterocycles. The summed E-state index contributed by atoms with van der Waals surface area (Å²) >= 11 is 0. The van der Waals surface area contributed by atoms with E-state index in [1.807, 2.05) is 18.5 Å². The molecule has 27 heavy (non-hydrogen) atoms. The molecule has 8 heteroatoms. The third kappa shape index (κ3) is 4.70. The number of carbonyl (C=O) groups excluding carboxylic acids is 1. The number of benzene rings is 1. The largest absolute Gasteiger partial charge is 0.388 e. The van der Waals surface area contributed by atoms with Crippen molar-refractivity contribution in [1.29, 1.82) is 0 Å². The van der Waals surface area contributed by atoms with Crippen LogP contribution in [0.2, 0.25) is 0 Å². The van der Waals surface area contributed by atoms with E-state index in [0.29, 0.717) is 17.7 Å². The Morgan fingerprint density at radius 1 is 1.37 bits per heavy atom. The zero-order valence-corrected chi connectivity index (χ0v) is 15.7. The second kappa shape index (κ2) is 8.58. The molecular weight excluding hydrogens is 349 g/mol. The molecule has 1 aromatic heterocycles. The van der Waals surface area contributed by atoms with Gasteiger partial charge in [0.2, 0.25) is 0 Å². The molecule has 1 aromatic carbocycles. The van der Waals surface area contributed by atoms with E-state index in [0.717, 1.165) is 31.6 Å². The molecule has 3 N–H and O–H groups in total. The lowest BCUT2D eigenvalue weighted by atomic mass is 10.0. The van der Waals surface area contributed by atoms with E-state index >= 15 is 0 Å². The number of aliphatic hydroxyl groups excluding tert-OH is 1. The third-order valence-electron chi connectivity index (χ3n) is 5.01. The number of nitrogens with zero attached hydrogens (tertiary/aromatic N) is 3. The normalized spacial score (nSPS) is 17.5. The Bertz CT molecular complexity index is 771. The molecule has 0 bridgehead atoms. The molecule has 0 spiro atoms. The van der Waals surface area contributed by atoms with Crippen LogP contribution in [0.3, 0.4) is 0 Å². The molecule has 146 valence electrons. The van der Waals surface area contributed by atoms with Crippen LogP contribution in [-0.2, 0) is 0 Å². The molecule has 7 nitrogen and oxygen atoms in total. The van der Waals surface area contributed by atoms with Gasteiger partial charge in [-0.3, -0.25) is 4.79 Å². The van der Waals surface area contributed by atoms with Crippen LogP contribution in [0.15, 0.2) is 24.3 Å². The van der Waals surface area contributed by atoms with E-state index in [-0.39, 0.29) is 23.8 Å². The average molecular weight is 375 g/mol. The lowest BCUT2D eigenvalue weighted by Crippen LogP contribution is -2.34. The van der Waals surface area contributed by atoms with Crippen molar-refractivity contribution in [2.45, 2.75) is 51.3 Å². The summed E-state index contributed by atoms with van der Waals surface area (Å²) < 4.78 is 14.8. The van der Waals surface area contributed by atoms with Gasteiger partial charge in [-0.05, 0) is 63.9 Å². The quantitative estimate of drug-likeness (QED) is 0.717. The summed E-state index contributed by atoms with van der Waals surface area (Å²) in [5.41, 5.74) is 1.69. The van der Waals surface area contributed by atoms with Crippen LogP contribution in [-0.4, -0.2) is 45.1 Å². The van der Waals surface area contributed by atoms with Crippen LogP contribution in [0.5, 0.6) is 0 Å². The molecule has 1 fully saturated rings. The average Bonchev–Trinajstić information content (AvgIpc) is 3.04. The van der Waals surface area contributed by atoms with E-state index < -0.39 is 6.10 Å². The second-order valence-corrected chi connectivity index (χ2v) is 7.13. The zero-order chi connectivity index (χ0) is 19.4. The van der Waals surface area contributed by atoms with Gasteiger partial charge in [-0.2, -0.15) is 0 Å². The van der Waals surface area contributed by atoms with Gasteiger partial charge in [-0.25, -0.2) is 9.07 Å². The van der Waals surface area contributed by atoms with Crippen LogP contribution in [0.1, 0.15) is 60.1 Å². The van der Waals surface area contributed by atoms with E-state index in [1.54, 1.807) is 12.1 Å². The minimum Gasteiger partial charge on any atom is -0.388 e. The van der Waals surface area contributed by atoms with Crippen molar-refractivity contribution in [1.82, 2.24) is 25.6 Å². The number of piperidine rings is 1. The zero-order valence-electron chi connectivity index (χ0n) is 15.7. The molecule has 2 unspecified atom stereocenters. The lowest BCUT2D eigenvalue weighted by Gasteiger charge is -2.23. The highest BCUT2D eigenvalue weighted by molar-refractivity contribution is 5.93. The summed E-state index contributed by atoms with van der Waals surface area (Å²) in [4.78, 5) is 12.6. The number of rotatable bonds is 6. The van der Waals surface area contributed by atoms with Crippen molar-refractivity contribution in [3.05, 3.63) is 47.0 Å². The summed E-state index contributed by atoms with van der Waals surface area (Å²) in [5, 5.41) is 24.7. The fourth-order valence-electron chi connectivity index (χ4n) is 3.46. The molecule has 1 amide bonds. The maximum absolute atomic E-state index is 13.0. The number of aromatic nitrogens is 3. The van der Waals surface area contributed by atoms with Gasteiger partial charge in [-0.15, -0.1) is 5.10 Å². The Labute approximate surface area is 158 Å². The van der Waals surface area contributed by atoms with Crippen molar-refractivity contribution < 1.29 is 14.3 Å². The van der Waals surface area contributed by atoms with Crippen LogP contribution in [0.25, 0.3) is 0 Å². The number of carbonyl (C=O) groups is 1. The number of amides is 1. The maximum atomic E-state index is 13.0. The molecule has 1 aliphatic rings. The number of nitrogens with one attached hydrogen (secondary N) is 2. The Balaban J connectivity index is 1.59. The molecule has 0 saturated carbocycles. The van der Waals surface area contributed by atoms with Crippen molar-refractivity contribution >= 4 is 5.91 Å². The van der Waals surface area contributed by atoms with Gasteiger partial charge in [0, 0.05) is 6.04 Å².